The Labute approximate surface area is 127 Å². The van der Waals surface area contributed by atoms with Crippen molar-refractivity contribution in [2.24, 2.45) is 5.73 Å². The van der Waals surface area contributed by atoms with Gasteiger partial charge in [0.05, 0.1) is 19.3 Å². The third kappa shape index (κ3) is 2.43. The largest absolute Gasteiger partial charge is 0.496 e. The summed E-state index contributed by atoms with van der Waals surface area (Å²) < 4.78 is 6.69. The minimum absolute atomic E-state index is 0.321. The molecule has 4 nitrogen and oxygen atoms in total. The summed E-state index contributed by atoms with van der Waals surface area (Å²) in [5.41, 5.74) is 10.8. The molecule has 0 spiro atoms. The van der Waals surface area contributed by atoms with Gasteiger partial charge < -0.3 is 10.5 Å². The van der Waals surface area contributed by atoms with Crippen LogP contribution in [0.5, 0.6) is 5.75 Å². The Morgan fingerprint density at radius 2 is 1.90 bits per heavy atom. The normalized spacial score (nSPS) is 10.7. The first kappa shape index (κ1) is 14.9. The van der Waals surface area contributed by atoms with Gasteiger partial charge in [-0.05, 0) is 43.5 Å². The second-order valence-electron chi connectivity index (χ2n) is 4.66. The third-order valence-corrected chi connectivity index (χ3v) is 4.70. The molecule has 1 aromatic carbocycles. The number of methoxy groups -OCH3 is 1. The van der Waals surface area contributed by atoms with Crippen LogP contribution in [-0.4, -0.2) is 17.1 Å². The van der Waals surface area contributed by atoms with Gasteiger partial charge in [-0.2, -0.15) is 0 Å². The second-order valence-corrected chi connectivity index (χ2v) is 5.45. The fourth-order valence-corrected chi connectivity index (χ4v) is 2.78. The maximum absolute atomic E-state index is 5.62. The number of hydrogen-bond donors (Lipinski definition) is 1. The monoisotopic (exact) mass is 335 g/mol. The standard InChI is InChI=1S/C15H18BrN3O/c1-8-9(2)15(20-4)13(10(3)14(8)16)11-5-6-18-12(7-17)19-11/h5-6H,7,17H2,1-4H3. The van der Waals surface area contributed by atoms with Crippen molar-refractivity contribution < 1.29 is 4.74 Å². The molecule has 1 heterocycles. The molecule has 0 aliphatic heterocycles. The molecule has 0 aliphatic rings. The highest BCUT2D eigenvalue weighted by Gasteiger charge is 2.19. The molecule has 20 heavy (non-hydrogen) atoms. The van der Waals surface area contributed by atoms with Crippen molar-refractivity contribution in [3.05, 3.63) is 39.3 Å². The molecule has 0 saturated carbocycles. The van der Waals surface area contributed by atoms with Crippen LogP contribution in [0.3, 0.4) is 0 Å². The van der Waals surface area contributed by atoms with E-state index >= 15 is 0 Å². The van der Waals surface area contributed by atoms with Crippen LogP contribution in [-0.2, 0) is 6.54 Å². The lowest BCUT2D eigenvalue weighted by Gasteiger charge is -2.18. The molecule has 5 heteroatoms. The Morgan fingerprint density at radius 1 is 1.20 bits per heavy atom. The van der Waals surface area contributed by atoms with Crippen LogP contribution in [0.15, 0.2) is 16.7 Å². The number of ether oxygens (including phenoxy) is 1. The van der Waals surface area contributed by atoms with Crippen LogP contribution in [0.1, 0.15) is 22.5 Å². The van der Waals surface area contributed by atoms with E-state index in [2.05, 4.69) is 39.7 Å². The van der Waals surface area contributed by atoms with E-state index in [9.17, 15) is 0 Å². The molecule has 2 aromatic rings. The van der Waals surface area contributed by atoms with Gasteiger partial charge >= 0.3 is 0 Å². The summed E-state index contributed by atoms with van der Waals surface area (Å²) in [6.45, 7) is 6.50. The fraction of sp³-hybridized carbons (Fsp3) is 0.333. The first-order valence-electron chi connectivity index (χ1n) is 6.36. The van der Waals surface area contributed by atoms with E-state index in [0.29, 0.717) is 12.4 Å². The predicted molar refractivity (Wildman–Crippen MR) is 83.8 cm³/mol. The Morgan fingerprint density at radius 3 is 2.50 bits per heavy atom. The van der Waals surface area contributed by atoms with Crippen LogP contribution in [0.4, 0.5) is 0 Å². The van der Waals surface area contributed by atoms with E-state index in [1.54, 1.807) is 13.3 Å². The van der Waals surface area contributed by atoms with E-state index < -0.39 is 0 Å². The zero-order valence-electron chi connectivity index (χ0n) is 12.1. The minimum Gasteiger partial charge on any atom is -0.496 e. The Balaban J connectivity index is 2.78. The lowest BCUT2D eigenvalue weighted by Crippen LogP contribution is -2.05. The second kappa shape index (κ2) is 5.89. The summed E-state index contributed by atoms with van der Waals surface area (Å²) in [4.78, 5) is 8.65. The summed E-state index contributed by atoms with van der Waals surface area (Å²) in [5.74, 6) is 1.48. The third-order valence-electron chi connectivity index (χ3n) is 3.51. The highest BCUT2D eigenvalue weighted by Crippen LogP contribution is 2.41. The maximum atomic E-state index is 5.62. The van der Waals surface area contributed by atoms with Crippen molar-refractivity contribution in [3.63, 3.8) is 0 Å². The maximum Gasteiger partial charge on any atom is 0.142 e. The van der Waals surface area contributed by atoms with Crippen molar-refractivity contribution in [3.8, 4) is 17.0 Å². The van der Waals surface area contributed by atoms with Gasteiger partial charge in [0.25, 0.3) is 0 Å². The van der Waals surface area contributed by atoms with Gasteiger partial charge in [0.2, 0.25) is 0 Å². The lowest BCUT2D eigenvalue weighted by molar-refractivity contribution is 0.412. The van der Waals surface area contributed by atoms with Crippen molar-refractivity contribution in [2.45, 2.75) is 27.3 Å². The van der Waals surface area contributed by atoms with Crippen LogP contribution < -0.4 is 10.5 Å². The number of benzene rings is 1. The molecule has 0 saturated heterocycles. The number of hydrogen-bond acceptors (Lipinski definition) is 4. The quantitative estimate of drug-likeness (QED) is 0.934. The first-order chi connectivity index (χ1) is 9.51. The molecule has 0 fully saturated rings. The van der Waals surface area contributed by atoms with Gasteiger partial charge in [0, 0.05) is 16.2 Å². The predicted octanol–water partition coefficient (Wildman–Crippen LogP) is 3.30. The summed E-state index contributed by atoms with van der Waals surface area (Å²) in [6.07, 6.45) is 1.73. The van der Waals surface area contributed by atoms with Gasteiger partial charge in [-0.15, -0.1) is 0 Å². The minimum atomic E-state index is 0.321. The number of rotatable bonds is 3. The molecule has 0 bridgehead atoms. The van der Waals surface area contributed by atoms with E-state index in [4.69, 9.17) is 10.5 Å². The highest BCUT2D eigenvalue weighted by molar-refractivity contribution is 9.10. The lowest BCUT2D eigenvalue weighted by atomic mass is 9.96. The Hall–Kier alpha value is -1.46. The molecule has 106 valence electrons. The summed E-state index contributed by atoms with van der Waals surface area (Å²) in [6, 6.07) is 1.88. The molecule has 0 radical (unpaired) electrons. The van der Waals surface area contributed by atoms with Gasteiger partial charge in [-0.3, -0.25) is 0 Å². The molecule has 0 atom stereocenters. The van der Waals surface area contributed by atoms with E-state index in [0.717, 1.165) is 32.6 Å². The molecular weight excluding hydrogens is 318 g/mol. The van der Waals surface area contributed by atoms with Crippen LogP contribution >= 0.6 is 15.9 Å². The van der Waals surface area contributed by atoms with E-state index in [1.165, 1.54) is 5.56 Å². The van der Waals surface area contributed by atoms with E-state index in [1.807, 2.05) is 13.0 Å². The molecule has 0 amide bonds. The molecule has 2 N–H and O–H groups in total. The van der Waals surface area contributed by atoms with Crippen molar-refractivity contribution >= 4 is 15.9 Å². The Kier molecular flexibility index (Phi) is 4.40. The van der Waals surface area contributed by atoms with E-state index in [-0.39, 0.29) is 0 Å². The number of nitrogens with two attached hydrogens (primary N) is 1. The zero-order valence-corrected chi connectivity index (χ0v) is 13.7. The van der Waals surface area contributed by atoms with Gasteiger partial charge in [0.1, 0.15) is 11.6 Å². The van der Waals surface area contributed by atoms with Crippen molar-refractivity contribution in [1.29, 1.82) is 0 Å². The molecule has 2 rings (SSSR count). The van der Waals surface area contributed by atoms with Gasteiger partial charge in [-0.1, -0.05) is 15.9 Å². The summed E-state index contributed by atoms with van der Waals surface area (Å²) in [7, 11) is 1.68. The Bertz CT molecular complexity index is 656. The molecular formula is C15H18BrN3O. The molecule has 0 unspecified atom stereocenters. The van der Waals surface area contributed by atoms with Crippen LogP contribution in [0.2, 0.25) is 0 Å². The summed E-state index contributed by atoms with van der Waals surface area (Å²) in [5, 5.41) is 0. The molecule has 0 aliphatic carbocycles. The fourth-order valence-electron chi connectivity index (χ4n) is 2.28. The topological polar surface area (TPSA) is 61.0 Å². The SMILES string of the molecule is COc1c(C)c(C)c(Br)c(C)c1-c1ccnc(CN)n1. The number of halogens is 1. The molecule has 1 aromatic heterocycles. The van der Waals surface area contributed by atoms with Gasteiger partial charge in [0.15, 0.2) is 0 Å². The number of nitrogens with zero attached hydrogens (tertiary/aromatic N) is 2. The smallest absolute Gasteiger partial charge is 0.142 e. The van der Waals surface area contributed by atoms with Crippen LogP contribution in [0, 0.1) is 20.8 Å². The summed E-state index contributed by atoms with van der Waals surface area (Å²) >= 11 is 3.65. The first-order valence-corrected chi connectivity index (χ1v) is 7.16. The average molecular weight is 336 g/mol. The van der Waals surface area contributed by atoms with Gasteiger partial charge in [-0.25, -0.2) is 9.97 Å². The number of aromatic nitrogens is 2. The average Bonchev–Trinajstić information content (AvgIpc) is 2.48. The van der Waals surface area contributed by atoms with Crippen molar-refractivity contribution in [2.75, 3.05) is 7.11 Å². The zero-order chi connectivity index (χ0) is 14.9. The van der Waals surface area contributed by atoms with Crippen LogP contribution in [0.25, 0.3) is 11.3 Å². The van der Waals surface area contributed by atoms with Crippen molar-refractivity contribution in [1.82, 2.24) is 9.97 Å². The highest BCUT2D eigenvalue weighted by atomic mass is 79.9.